The molecule has 4 atom stereocenters. The molecule has 21 heavy (non-hydrogen) atoms. The van der Waals surface area contributed by atoms with Gasteiger partial charge in [0.2, 0.25) is 0 Å². The summed E-state index contributed by atoms with van der Waals surface area (Å²) in [6, 6.07) is 1.04. The second-order valence-corrected chi connectivity index (χ2v) is 6.94. The van der Waals surface area contributed by atoms with Gasteiger partial charge in [0.1, 0.15) is 18.3 Å². The summed E-state index contributed by atoms with van der Waals surface area (Å²) in [5.74, 6) is 0. The first-order valence-electron chi connectivity index (χ1n) is 5.73. The number of nitrogens with one attached hydrogen (secondary N) is 1. The molecule has 0 radical (unpaired) electrons. The van der Waals surface area contributed by atoms with Crippen LogP contribution in [0, 0.1) is 0 Å². The van der Waals surface area contributed by atoms with Crippen molar-refractivity contribution in [1.29, 1.82) is 0 Å². The van der Waals surface area contributed by atoms with Gasteiger partial charge in [0, 0.05) is 12.3 Å². The SMILES string of the molecule is O=c1ccn([C@@H]2O[C@H](CO)C(OP(O)(O)=S)C2O)c(=O)[nH]1. The van der Waals surface area contributed by atoms with Gasteiger partial charge in [-0.1, -0.05) is 0 Å². The fraction of sp³-hybridized carbons (Fsp3) is 0.556. The van der Waals surface area contributed by atoms with Crippen molar-refractivity contribution in [3.8, 4) is 0 Å². The highest BCUT2D eigenvalue weighted by atomic mass is 32.5. The predicted octanol–water partition coefficient (Wildman–Crippen LogP) is -2.62. The molecule has 1 aromatic heterocycles. The maximum absolute atomic E-state index is 11.7. The third kappa shape index (κ3) is 3.65. The number of hydrogen-bond donors (Lipinski definition) is 5. The molecule has 0 spiro atoms. The third-order valence-corrected chi connectivity index (χ3v) is 3.65. The molecule has 2 rings (SSSR count). The van der Waals surface area contributed by atoms with Crippen molar-refractivity contribution in [3.63, 3.8) is 0 Å². The molecule has 10 nitrogen and oxygen atoms in total. The molecule has 0 aromatic carbocycles. The summed E-state index contributed by atoms with van der Waals surface area (Å²) in [4.78, 5) is 42.9. The van der Waals surface area contributed by atoms with Crippen molar-refractivity contribution in [2.45, 2.75) is 24.5 Å². The van der Waals surface area contributed by atoms with Crippen molar-refractivity contribution in [3.05, 3.63) is 33.1 Å². The van der Waals surface area contributed by atoms with Gasteiger partial charge in [-0.05, 0) is 11.8 Å². The van der Waals surface area contributed by atoms with Crippen LogP contribution >= 0.6 is 6.72 Å². The van der Waals surface area contributed by atoms with Gasteiger partial charge in [-0.2, -0.15) is 0 Å². The molecule has 1 aliphatic rings. The van der Waals surface area contributed by atoms with Gasteiger partial charge in [0.05, 0.1) is 6.61 Å². The lowest BCUT2D eigenvalue weighted by molar-refractivity contribution is -0.0546. The lowest BCUT2D eigenvalue weighted by Crippen LogP contribution is -2.38. The number of rotatable bonds is 4. The first-order valence-corrected chi connectivity index (χ1v) is 8.35. The minimum Gasteiger partial charge on any atom is -0.394 e. The van der Waals surface area contributed by atoms with Gasteiger partial charge in [-0.15, -0.1) is 0 Å². The molecule has 2 heterocycles. The Bertz CT molecular complexity index is 668. The molecular weight excluding hydrogens is 327 g/mol. The molecule has 0 bridgehead atoms. The zero-order valence-corrected chi connectivity index (χ0v) is 12.1. The molecule has 12 heteroatoms. The highest BCUT2D eigenvalue weighted by molar-refractivity contribution is 8.06. The van der Waals surface area contributed by atoms with Gasteiger partial charge < -0.3 is 24.7 Å². The molecule has 1 aromatic rings. The molecular formula is C9H13N2O8PS. The van der Waals surface area contributed by atoms with Crippen molar-refractivity contribution >= 4 is 18.5 Å². The number of nitrogens with zero attached hydrogens (tertiary/aromatic N) is 1. The summed E-state index contributed by atoms with van der Waals surface area (Å²) in [6.07, 6.45) is -4.14. The predicted molar refractivity (Wildman–Crippen MR) is 71.9 cm³/mol. The average Bonchev–Trinajstić information content (AvgIpc) is 2.65. The summed E-state index contributed by atoms with van der Waals surface area (Å²) in [5.41, 5.74) is -1.47. The fourth-order valence-electron chi connectivity index (χ4n) is 2.01. The summed E-state index contributed by atoms with van der Waals surface area (Å²) in [5, 5.41) is 19.3. The van der Waals surface area contributed by atoms with E-state index in [9.17, 15) is 19.8 Å². The Balaban J connectivity index is 2.33. The zero-order valence-electron chi connectivity index (χ0n) is 10.4. The number of aromatic nitrogens is 2. The molecule has 0 amide bonds. The van der Waals surface area contributed by atoms with E-state index in [0.29, 0.717) is 0 Å². The van der Waals surface area contributed by atoms with E-state index in [1.54, 1.807) is 0 Å². The number of hydrogen-bond acceptors (Lipinski definition) is 7. The minimum atomic E-state index is -4.10. The van der Waals surface area contributed by atoms with Crippen molar-refractivity contribution < 1.29 is 29.3 Å². The van der Waals surface area contributed by atoms with E-state index >= 15 is 0 Å². The second-order valence-electron chi connectivity index (χ2n) is 4.32. The number of aliphatic hydroxyl groups excluding tert-OH is 2. The Kier molecular flexibility index (Phi) is 4.76. The van der Waals surface area contributed by atoms with Crippen LogP contribution in [-0.2, 0) is 21.1 Å². The van der Waals surface area contributed by atoms with Gasteiger partial charge in [0.15, 0.2) is 6.23 Å². The van der Waals surface area contributed by atoms with E-state index in [-0.39, 0.29) is 0 Å². The highest BCUT2D eigenvalue weighted by Gasteiger charge is 2.47. The van der Waals surface area contributed by atoms with E-state index in [1.807, 2.05) is 4.98 Å². The molecule has 1 aliphatic heterocycles. The van der Waals surface area contributed by atoms with Crippen LogP contribution in [0.4, 0.5) is 0 Å². The van der Waals surface area contributed by atoms with Crippen molar-refractivity contribution in [2.24, 2.45) is 0 Å². The Morgan fingerprint density at radius 1 is 1.48 bits per heavy atom. The first kappa shape index (κ1) is 16.5. The van der Waals surface area contributed by atoms with Crippen molar-refractivity contribution in [1.82, 2.24) is 9.55 Å². The van der Waals surface area contributed by atoms with Gasteiger partial charge >= 0.3 is 12.4 Å². The van der Waals surface area contributed by atoms with E-state index < -0.39 is 49.1 Å². The lowest BCUT2D eigenvalue weighted by atomic mass is 10.1. The molecule has 1 fully saturated rings. The first-order chi connectivity index (χ1) is 9.73. The lowest BCUT2D eigenvalue weighted by Gasteiger charge is -2.21. The summed E-state index contributed by atoms with van der Waals surface area (Å²) in [6.45, 7) is -4.71. The summed E-state index contributed by atoms with van der Waals surface area (Å²) in [7, 11) is 0. The Morgan fingerprint density at radius 2 is 2.14 bits per heavy atom. The van der Waals surface area contributed by atoms with Crippen LogP contribution in [0.25, 0.3) is 0 Å². The van der Waals surface area contributed by atoms with E-state index in [4.69, 9.17) is 19.0 Å². The maximum Gasteiger partial charge on any atom is 0.330 e. The minimum absolute atomic E-state index is 0.605. The van der Waals surface area contributed by atoms with Gasteiger partial charge in [0.25, 0.3) is 5.56 Å². The van der Waals surface area contributed by atoms with Gasteiger partial charge in [-0.3, -0.25) is 18.9 Å². The average molecular weight is 340 g/mol. The molecule has 2 unspecified atom stereocenters. The summed E-state index contributed by atoms with van der Waals surface area (Å²) < 4.78 is 10.9. The normalized spacial score (nSPS) is 29.7. The Hall–Kier alpha value is -0.910. The number of aromatic amines is 1. The van der Waals surface area contributed by atoms with Crippen LogP contribution in [0.2, 0.25) is 0 Å². The largest absolute Gasteiger partial charge is 0.394 e. The fourth-order valence-corrected chi connectivity index (χ4v) is 2.89. The van der Waals surface area contributed by atoms with Crippen LogP contribution in [0.1, 0.15) is 6.23 Å². The van der Waals surface area contributed by atoms with E-state index in [1.165, 1.54) is 0 Å². The Morgan fingerprint density at radius 3 is 2.67 bits per heavy atom. The monoisotopic (exact) mass is 340 g/mol. The van der Waals surface area contributed by atoms with Crippen LogP contribution in [0.5, 0.6) is 0 Å². The number of ether oxygens (including phenoxy) is 1. The van der Waals surface area contributed by atoms with Crippen molar-refractivity contribution in [2.75, 3.05) is 6.61 Å². The smallest absolute Gasteiger partial charge is 0.330 e. The van der Waals surface area contributed by atoms with Crippen LogP contribution in [-0.4, -0.2) is 54.5 Å². The Labute approximate surface area is 122 Å². The summed E-state index contributed by atoms with van der Waals surface area (Å²) >= 11 is 4.31. The highest BCUT2D eigenvalue weighted by Crippen LogP contribution is 2.43. The van der Waals surface area contributed by atoms with Crippen LogP contribution < -0.4 is 11.2 Å². The third-order valence-electron chi connectivity index (χ3n) is 2.87. The molecule has 0 aliphatic carbocycles. The molecule has 1 saturated heterocycles. The molecule has 5 N–H and O–H groups in total. The topological polar surface area (TPSA) is 154 Å². The maximum atomic E-state index is 11.7. The number of aliphatic hydroxyl groups is 2. The molecule has 118 valence electrons. The number of H-pyrrole nitrogens is 1. The molecule has 0 saturated carbocycles. The standard InChI is InChI=1S/C9H13N2O8PS/c12-3-4-7(19-20(16,17)21)6(14)8(18-4)11-2-1-5(13)10-9(11)15/h1-2,4,6-8,12,14H,3H2,(H,10,13,15)(H2,16,17,21)/t4-,6?,7?,8-/m1/s1. The van der Waals surface area contributed by atoms with E-state index in [2.05, 4.69) is 11.8 Å². The van der Waals surface area contributed by atoms with E-state index in [0.717, 1.165) is 16.8 Å². The van der Waals surface area contributed by atoms with Gasteiger partial charge in [-0.25, -0.2) is 4.79 Å². The quantitative estimate of drug-likeness (QED) is 0.371. The van der Waals surface area contributed by atoms with Crippen LogP contribution in [0.3, 0.4) is 0 Å². The second kappa shape index (κ2) is 6.07. The van der Waals surface area contributed by atoms with Crippen LogP contribution in [0.15, 0.2) is 21.9 Å². The zero-order chi connectivity index (χ0) is 15.8.